The minimum absolute atomic E-state index is 0.0890. The summed E-state index contributed by atoms with van der Waals surface area (Å²) in [5.74, 6) is 0.309. The monoisotopic (exact) mass is 416 g/mol. The van der Waals surface area contributed by atoms with E-state index in [1.54, 1.807) is 37.2 Å². The highest BCUT2D eigenvalue weighted by Gasteiger charge is 2.30. The molecule has 8 heteroatoms. The number of aromatic nitrogens is 5. The van der Waals surface area contributed by atoms with Gasteiger partial charge in [0, 0.05) is 38.7 Å². The maximum absolute atomic E-state index is 13.5. The van der Waals surface area contributed by atoms with Crippen LogP contribution in [0.3, 0.4) is 0 Å². The minimum atomic E-state index is -0.125. The van der Waals surface area contributed by atoms with Crippen molar-refractivity contribution in [3.8, 4) is 0 Å². The van der Waals surface area contributed by atoms with E-state index in [0.29, 0.717) is 31.1 Å². The molecule has 1 fully saturated rings. The molecule has 1 aliphatic rings. The normalized spacial score (nSPS) is 16.7. The Morgan fingerprint density at radius 3 is 2.71 bits per heavy atom. The van der Waals surface area contributed by atoms with Gasteiger partial charge >= 0.3 is 5.69 Å². The summed E-state index contributed by atoms with van der Waals surface area (Å²) >= 11 is 0. The van der Waals surface area contributed by atoms with Crippen molar-refractivity contribution in [3.63, 3.8) is 0 Å². The Bertz CT molecular complexity index is 1290. The third kappa shape index (κ3) is 3.43. The summed E-state index contributed by atoms with van der Waals surface area (Å²) in [5, 5.41) is 0. The molecule has 0 N–H and O–H groups in total. The third-order valence-corrected chi connectivity index (χ3v) is 5.97. The summed E-state index contributed by atoms with van der Waals surface area (Å²) in [6.45, 7) is 1.61. The summed E-state index contributed by atoms with van der Waals surface area (Å²) in [7, 11) is 1.81. The first-order valence-electron chi connectivity index (χ1n) is 10.5. The van der Waals surface area contributed by atoms with Crippen LogP contribution in [0.1, 0.15) is 35.1 Å². The number of fused-ring (bicyclic) bond motifs is 1. The summed E-state index contributed by atoms with van der Waals surface area (Å²) in [6, 6.07) is 13.6. The van der Waals surface area contributed by atoms with Gasteiger partial charge in [0.05, 0.1) is 18.1 Å². The van der Waals surface area contributed by atoms with Gasteiger partial charge in [-0.2, -0.15) is 0 Å². The first-order valence-corrected chi connectivity index (χ1v) is 10.5. The third-order valence-electron chi connectivity index (χ3n) is 5.97. The molecule has 0 spiro atoms. The van der Waals surface area contributed by atoms with Crippen LogP contribution in [0.15, 0.2) is 65.8 Å². The van der Waals surface area contributed by atoms with Gasteiger partial charge in [-0.25, -0.2) is 14.8 Å². The molecule has 158 valence electrons. The van der Waals surface area contributed by atoms with Crippen LogP contribution in [0.25, 0.3) is 11.2 Å². The van der Waals surface area contributed by atoms with Crippen LogP contribution < -0.4 is 5.69 Å². The molecule has 0 radical (unpaired) electrons. The van der Waals surface area contributed by atoms with E-state index in [2.05, 4.69) is 9.97 Å². The molecule has 3 aromatic heterocycles. The van der Waals surface area contributed by atoms with E-state index < -0.39 is 0 Å². The molecular weight excluding hydrogens is 392 g/mol. The molecule has 1 aliphatic heterocycles. The number of imidazole rings is 2. The smallest absolute Gasteiger partial charge is 0.330 e. The van der Waals surface area contributed by atoms with Crippen LogP contribution in [0, 0.1) is 0 Å². The number of nitrogens with zero attached hydrogens (tertiary/aromatic N) is 6. The molecular formula is C23H24N6O2. The molecule has 1 aromatic carbocycles. The van der Waals surface area contributed by atoms with E-state index in [-0.39, 0.29) is 17.6 Å². The second-order valence-corrected chi connectivity index (χ2v) is 7.98. The van der Waals surface area contributed by atoms with Gasteiger partial charge in [0.15, 0.2) is 11.5 Å². The number of amides is 1. The second kappa shape index (κ2) is 7.86. The number of rotatable bonds is 4. The number of piperidine rings is 1. The Hall–Kier alpha value is -3.68. The van der Waals surface area contributed by atoms with Gasteiger partial charge in [0.1, 0.15) is 0 Å². The van der Waals surface area contributed by atoms with Crippen molar-refractivity contribution in [1.29, 1.82) is 0 Å². The van der Waals surface area contributed by atoms with Crippen molar-refractivity contribution in [1.82, 2.24) is 28.6 Å². The highest BCUT2D eigenvalue weighted by molar-refractivity contribution is 5.90. The highest BCUT2D eigenvalue weighted by Crippen LogP contribution is 2.25. The molecule has 4 heterocycles. The molecule has 4 aromatic rings. The summed E-state index contributed by atoms with van der Waals surface area (Å²) in [4.78, 5) is 37.0. The second-order valence-electron chi connectivity index (χ2n) is 7.98. The van der Waals surface area contributed by atoms with Crippen molar-refractivity contribution in [2.45, 2.75) is 25.4 Å². The van der Waals surface area contributed by atoms with Crippen LogP contribution in [-0.4, -0.2) is 47.6 Å². The summed E-state index contributed by atoms with van der Waals surface area (Å²) < 4.78 is 5.28. The lowest BCUT2D eigenvalue weighted by Gasteiger charge is -2.32. The number of pyridine rings is 1. The van der Waals surface area contributed by atoms with Crippen LogP contribution in [0.2, 0.25) is 0 Å². The molecule has 0 unspecified atom stereocenters. The standard InChI is InChI=1S/C23H24N6O2/c1-26-14-12-25-21(26)22(30)27-13-6-9-18(16-27)29-20-19(10-5-11-24-20)28(23(29)31)15-17-7-3-2-4-8-17/h2-5,7-8,10-12,14,18H,6,9,13,15-16H2,1H3/t18-/m0/s1. The fourth-order valence-corrected chi connectivity index (χ4v) is 4.42. The fourth-order valence-electron chi connectivity index (χ4n) is 4.42. The maximum atomic E-state index is 13.5. The number of hydrogen-bond acceptors (Lipinski definition) is 4. The SMILES string of the molecule is Cn1ccnc1C(=O)N1CCC[C@H](n2c(=O)n(Cc3ccccc3)c3cccnc32)C1. The summed E-state index contributed by atoms with van der Waals surface area (Å²) in [6.07, 6.45) is 6.75. The molecule has 0 aliphatic carbocycles. The van der Waals surface area contributed by atoms with Gasteiger partial charge in [-0.3, -0.25) is 13.9 Å². The Kier molecular flexibility index (Phi) is 4.89. The van der Waals surface area contributed by atoms with Crippen molar-refractivity contribution >= 4 is 17.1 Å². The topological polar surface area (TPSA) is 78.0 Å². The Balaban J connectivity index is 1.51. The van der Waals surface area contributed by atoms with E-state index in [1.165, 1.54) is 0 Å². The number of aryl methyl sites for hydroxylation is 1. The zero-order valence-corrected chi connectivity index (χ0v) is 17.4. The highest BCUT2D eigenvalue weighted by atomic mass is 16.2. The number of carbonyl (C=O) groups excluding carboxylic acids is 1. The molecule has 8 nitrogen and oxygen atoms in total. The zero-order valence-electron chi connectivity index (χ0n) is 17.4. The van der Waals surface area contributed by atoms with Crippen molar-refractivity contribution in [2.75, 3.05) is 13.1 Å². The number of carbonyl (C=O) groups is 1. The van der Waals surface area contributed by atoms with Gasteiger partial charge in [0.25, 0.3) is 5.91 Å². The van der Waals surface area contributed by atoms with Crippen molar-refractivity contribution in [3.05, 3.63) is 82.9 Å². The average molecular weight is 416 g/mol. The fraction of sp³-hybridized carbons (Fsp3) is 0.304. The van der Waals surface area contributed by atoms with E-state index >= 15 is 0 Å². The molecule has 0 saturated carbocycles. The lowest BCUT2D eigenvalue weighted by atomic mass is 10.1. The van der Waals surface area contributed by atoms with E-state index in [4.69, 9.17) is 0 Å². The van der Waals surface area contributed by atoms with Gasteiger partial charge in [-0.05, 0) is 30.5 Å². The molecule has 1 saturated heterocycles. The predicted octanol–water partition coefficient (Wildman–Crippen LogP) is 2.46. The van der Waals surface area contributed by atoms with Gasteiger partial charge in [-0.1, -0.05) is 30.3 Å². The molecule has 1 amide bonds. The summed E-state index contributed by atoms with van der Waals surface area (Å²) in [5.41, 5.74) is 2.44. The van der Waals surface area contributed by atoms with Gasteiger partial charge in [-0.15, -0.1) is 0 Å². The van der Waals surface area contributed by atoms with E-state index in [1.807, 2.05) is 49.5 Å². The first-order chi connectivity index (χ1) is 15.1. The zero-order chi connectivity index (χ0) is 21.4. The predicted molar refractivity (Wildman–Crippen MR) is 117 cm³/mol. The van der Waals surface area contributed by atoms with Gasteiger partial charge < -0.3 is 9.47 Å². The maximum Gasteiger partial charge on any atom is 0.330 e. The number of hydrogen-bond donors (Lipinski definition) is 0. The average Bonchev–Trinajstić information content (AvgIpc) is 3.35. The van der Waals surface area contributed by atoms with Crippen molar-refractivity contribution in [2.24, 2.45) is 7.05 Å². The lowest BCUT2D eigenvalue weighted by Crippen LogP contribution is -2.43. The van der Waals surface area contributed by atoms with Crippen LogP contribution in [-0.2, 0) is 13.6 Å². The lowest BCUT2D eigenvalue weighted by molar-refractivity contribution is 0.0663. The molecule has 0 bridgehead atoms. The Morgan fingerprint density at radius 1 is 1.10 bits per heavy atom. The molecule has 31 heavy (non-hydrogen) atoms. The van der Waals surface area contributed by atoms with Crippen LogP contribution in [0.5, 0.6) is 0 Å². The molecule has 1 atom stereocenters. The molecule has 5 rings (SSSR count). The van der Waals surface area contributed by atoms with E-state index in [9.17, 15) is 9.59 Å². The number of likely N-dealkylation sites (tertiary alicyclic amines) is 1. The Morgan fingerprint density at radius 2 is 1.94 bits per heavy atom. The Labute approximate surface area is 179 Å². The first kappa shape index (κ1) is 19.3. The minimum Gasteiger partial charge on any atom is -0.334 e. The van der Waals surface area contributed by atoms with Gasteiger partial charge in [0.2, 0.25) is 0 Å². The largest absolute Gasteiger partial charge is 0.334 e. The van der Waals surface area contributed by atoms with E-state index in [0.717, 1.165) is 23.9 Å². The van der Waals surface area contributed by atoms with Crippen LogP contribution >= 0.6 is 0 Å². The van der Waals surface area contributed by atoms with Crippen LogP contribution in [0.4, 0.5) is 0 Å². The number of benzene rings is 1. The van der Waals surface area contributed by atoms with Crippen molar-refractivity contribution < 1.29 is 4.79 Å². The quantitative estimate of drug-likeness (QED) is 0.512.